The van der Waals surface area contributed by atoms with Crippen LogP contribution in [0.15, 0.2) is 35.7 Å². The van der Waals surface area contributed by atoms with Gasteiger partial charge in [-0.1, -0.05) is 30.3 Å². The third-order valence-corrected chi connectivity index (χ3v) is 6.25. The molecule has 2 fully saturated rings. The number of carbonyl (C=O) groups is 1. The molecule has 4 rings (SSSR count). The first-order chi connectivity index (χ1) is 11.7. The molecule has 1 aliphatic heterocycles. The summed E-state index contributed by atoms with van der Waals surface area (Å²) in [5, 5.41) is 3.18. The predicted molar refractivity (Wildman–Crippen MR) is 97.6 cm³/mol. The summed E-state index contributed by atoms with van der Waals surface area (Å²) in [5.41, 5.74) is 2.46. The fourth-order valence-corrected chi connectivity index (χ4v) is 4.54. The smallest absolute Gasteiger partial charge is 0.225 e. The Morgan fingerprint density at radius 2 is 1.83 bits per heavy atom. The topological polar surface area (TPSA) is 36.4 Å². The Morgan fingerprint density at radius 3 is 2.46 bits per heavy atom. The highest BCUT2D eigenvalue weighted by atomic mass is 32.1. The van der Waals surface area contributed by atoms with E-state index in [0.717, 1.165) is 49.8 Å². The molecule has 1 aromatic heterocycles. The Hall–Kier alpha value is -1.88. The van der Waals surface area contributed by atoms with E-state index in [4.69, 9.17) is 0 Å². The van der Waals surface area contributed by atoms with Crippen LogP contribution in [0.4, 0.5) is 5.13 Å². The number of hydrogen-bond donors (Lipinski definition) is 0. The van der Waals surface area contributed by atoms with Crippen molar-refractivity contribution in [2.24, 2.45) is 5.92 Å². The molecule has 2 aromatic rings. The molecule has 0 unspecified atom stereocenters. The van der Waals surface area contributed by atoms with E-state index < -0.39 is 0 Å². The number of aryl methyl sites for hydroxylation is 1. The molecule has 5 heteroatoms. The summed E-state index contributed by atoms with van der Waals surface area (Å²) in [6.45, 7) is 5.47. The van der Waals surface area contributed by atoms with Gasteiger partial charge in [0.2, 0.25) is 5.91 Å². The SMILES string of the molecule is Cc1csc(N2CCN(C(=O)C3CC(c4ccccc4)C3)CC2)n1. The first kappa shape index (κ1) is 15.6. The summed E-state index contributed by atoms with van der Waals surface area (Å²) in [6.07, 6.45) is 2.02. The van der Waals surface area contributed by atoms with Gasteiger partial charge in [-0.2, -0.15) is 0 Å². The monoisotopic (exact) mass is 341 g/mol. The minimum Gasteiger partial charge on any atom is -0.345 e. The molecule has 0 radical (unpaired) electrons. The Bertz CT molecular complexity index is 700. The average molecular weight is 341 g/mol. The minimum absolute atomic E-state index is 0.226. The first-order valence-electron chi connectivity index (χ1n) is 8.71. The van der Waals surface area contributed by atoms with E-state index in [0.29, 0.717) is 11.8 Å². The van der Waals surface area contributed by atoms with Crippen LogP contribution in [-0.2, 0) is 4.79 Å². The summed E-state index contributed by atoms with van der Waals surface area (Å²) in [4.78, 5) is 21.6. The average Bonchev–Trinajstić information content (AvgIpc) is 3.01. The molecule has 0 bridgehead atoms. The number of piperazine rings is 1. The lowest BCUT2D eigenvalue weighted by Gasteiger charge is -2.41. The molecule has 1 amide bonds. The second-order valence-electron chi connectivity index (χ2n) is 6.86. The second-order valence-corrected chi connectivity index (χ2v) is 7.70. The van der Waals surface area contributed by atoms with Crippen LogP contribution in [-0.4, -0.2) is 42.0 Å². The summed E-state index contributed by atoms with van der Waals surface area (Å²) in [6, 6.07) is 10.6. The number of benzene rings is 1. The maximum atomic E-state index is 12.7. The highest BCUT2D eigenvalue weighted by molar-refractivity contribution is 7.13. The molecule has 0 N–H and O–H groups in total. The van der Waals surface area contributed by atoms with Gasteiger partial charge in [0, 0.05) is 37.5 Å². The molecule has 126 valence electrons. The van der Waals surface area contributed by atoms with Gasteiger partial charge in [0.1, 0.15) is 0 Å². The molecule has 1 saturated heterocycles. The van der Waals surface area contributed by atoms with Crippen molar-refractivity contribution < 1.29 is 4.79 Å². The number of thiazole rings is 1. The zero-order valence-electron chi connectivity index (χ0n) is 14.0. The summed E-state index contributed by atoms with van der Waals surface area (Å²) in [5.74, 6) is 1.15. The van der Waals surface area contributed by atoms with Crippen LogP contribution in [0.1, 0.15) is 30.0 Å². The fourth-order valence-electron chi connectivity index (χ4n) is 3.68. The molecule has 1 aromatic carbocycles. The Balaban J connectivity index is 1.28. The van der Waals surface area contributed by atoms with Crippen LogP contribution < -0.4 is 4.90 Å². The van der Waals surface area contributed by atoms with Crippen LogP contribution in [0.5, 0.6) is 0 Å². The maximum Gasteiger partial charge on any atom is 0.225 e. The van der Waals surface area contributed by atoms with Gasteiger partial charge in [0.25, 0.3) is 0 Å². The van der Waals surface area contributed by atoms with Gasteiger partial charge < -0.3 is 9.80 Å². The van der Waals surface area contributed by atoms with Crippen molar-refractivity contribution in [2.75, 3.05) is 31.1 Å². The molecule has 1 aliphatic carbocycles. The fraction of sp³-hybridized carbons (Fsp3) is 0.474. The zero-order chi connectivity index (χ0) is 16.5. The van der Waals surface area contributed by atoms with E-state index in [-0.39, 0.29) is 5.92 Å². The Labute approximate surface area is 147 Å². The van der Waals surface area contributed by atoms with Crippen molar-refractivity contribution in [3.8, 4) is 0 Å². The lowest BCUT2D eigenvalue weighted by molar-refractivity contribution is -0.139. The van der Waals surface area contributed by atoms with E-state index in [1.165, 1.54) is 5.56 Å². The van der Waals surface area contributed by atoms with E-state index in [9.17, 15) is 4.79 Å². The van der Waals surface area contributed by atoms with Crippen LogP contribution in [0, 0.1) is 12.8 Å². The third-order valence-electron chi connectivity index (χ3n) is 5.23. The van der Waals surface area contributed by atoms with Crippen molar-refractivity contribution in [3.05, 3.63) is 47.0 Å². The molecule has 24 heavy (non-hydrogen) atoms. The molecular formula is C19H23N3OS. The minimum atomic E-state index is 0.226. The molecule has 4 nitrogen and oxygen atoms in total. The normalized spacial score (nSPS) is 23.9. The molecule has 0 spiro atoms. The van der Waals surface area contributed by atoms with Gasteiger partial charge in [-0.25, -0.2) is 4.98 Å². The van der Waals surface area contributed by atoms with E-state index in [1.54, 1.807) is 11.3 Å². The maximum absolute atomic E-state index is 12.7. The van der Waals surface area contributed by atoms with E-state index >= 15 is 0 Å². The first-order valence-corrected chi connectivity index (χ1v) is 9.59. The standard InChI is InChI=1S/C19H23N3OS/c1-14-13-24-19(20-14)22-9-7-21(8-10-22)18(23)17-11-16(12-17)15-5-3-2-4-6-15/h2-6,13,16-17H,7-12H2,1H3. The lowest BCUT2D eigenvalue weighted by Crippen LogP contribution is -2.51. The van der Waals surface area contributed by atoms with Crippen molar-refractivity contribution in [1.82, 2.24) is 9.88 Å². The van der Waals surface area contributed by atoms with E-state index in [2.05, 4.69) is 44.4 Å². The van der Waals surface area contributed by atoms with Gasteiger partial charge in [0.05, 0.1) is 5.69 Å². The summed E-state index contributed by atoms with van der Waals surface area (Å²) < 4.78 is 0. The van der Waals surface area contributed by atoms with Crippen molar-refractivity contribution in [1.29, 1.82) is 0 Å². The zero-order valence-corrected chi connectivity index (χ0v) is 14.8. The number of nitrogens with zero attached hydrogens (tertiary/aromatic N) is 3. The highest BCUT2D eigenvalue weighted by Gasteiger charge is 2.38. The van der Waals surface area contributed by atoms with Gasteiger partial charge in [0.15, 0.2) is 5.13 Å². The van der Waals surface area contributed by atoms with Crippen molar-refractivity contribution in [2.45, 2.75) is 25.7 Å². The van der Waals surface area contributed by atoms with Gasteiger partial charge >= 0.3 is 0 Å². The molecule has 1 saturated carbocycles. The second kappa shape index (κ2) is 6.55. The number of anilines is 1. The Kier molecular flexibility index (Phi) is 4.27. The molecule has 2 heterocycles. The van der Waals surface area contributed by atoms with Gasteiger partial charge in [-0.15, -0.1) is 11.3 Å². The number of hydrogen-bond acceptors (Lipinski definition) is 4. The molecule has 0 atom stereocenters. The van der Waals surface area contributed by atoms with Gasteiger partial charge in [-0.3, -0.25) is 4.79 Å². The molecule has 2 aliphatic rings. The van der Waals surface area contributed by atoms with Gasteiger partial charge in [-0.05, 0) is 31.2 Å². The van der Waals surface area contributed by atoms with Crippen LogP contribution in [0.2, 0.25) is 0 Å². The number of amides is 1. The van der Waals surface area contributed by atoms with Crippen molar-refractivity contribution >= 4 is 22.4 Å². The van der Waals surface area contributed by atoms with Crippen molar-refractivity contribution in [3.63, 3.8) is 0 Å². The van der Waals surface area contributed by atoms with Crippen LogP contribution >= 0.6 is 11.3 Å². The lowest BCUT2D eigenvalue weighted by atomic mass is 9.71. The predicted octanol–water partition coefficient (Wildman–Crippen LogP) is 3.29. The van der Waals surface area contributed by atoms with Crippen LogP contribution in [0.3, 0.4) is 0 Å². The van der Waals surface area contributed by atoms with E-state index in [1.807, 2.05) is 13.0 Å². The van der Waals surface area contributed by atoms with Crippen LogP contribution in [0.25, 0.3) is 0 Å². The number of aromatic nitrogens is 1. The third kappa shape index (κ3) is 3.05. The number of rotatable bonds is 3. The summed E-state index contributed by atoms with van der Waals surface area (Å²) in [7, 11) is 0. The molecular weight excluding hydrogens is 318 g/mol. The number of carbonyl (C=O) groups excluding carboxylic acids is 1. The summed E-state index contributed by atoms with van der Waals surface area (Å²) >= 11 is 1.70. The largest absolute Gasteiger partial charge is 0.345 e. The Morgan fingerprint density at radius 1 is 1.12 bits per heavy atom. The quantitative estimate of drug-likeness (QED) is 0.859. The highest BCUT2D eigenvalue weighted by Crippen LogP contribution is 2.42.